The monoisotopic (exact) mass is 491 g/mol. The van der Waals surface area contributed by atoms with E-state index in [9.17, 15) is 0 Å². The second-order valence-electron chi connectivity index (χ2n) is 10.1. The van der Waals surface area contributed by atoms with Gasteiger partial charge in [0, 0.05) is 24.6 Å². The summed E-state index contributed by atoms with van der Waals surface area (Å²) in [4.78, 5) is 4.66. The van der Waals surface area contributed by atoms with E-state index in [1.54, 1.807) is 0 Å². The fourth-order valence-corrected chi connectivity index (χ4v) is 5.22. The molecule has 2 unspecified atom stereocenters. The van der Waals surface area contributed by atoms with Gasteiger partial charge in [-0.05, 0) is 98.3 Å². The third-order valence-electron chi connectivity index (χ3n) is 7.28. The lowest BCUT2D eigenvalue weighted by Gasteiger charge is -2.25. The van der Waals surface area contributed by atoms with Crippen LogP contribution in [0.3, 0.4) is 0 Å². The third kappa shape index (κ3) is 7.94. The first kappa shape index (κ1) is 26.4. The van der Waals surface area contributed by atoms with Crippen LogP contribution in [0, 0.1) is 11.8 Å². The van der Waals surface area contributed by atoms with Gasteiger partial charge in [0.15, 0.2) is 6.29 Å². The van der Waals surface area contributed by atoms with E-state index in [1.165, 1.54) is 35.3 Å². The van der Waals surface area contributed by atoms with Crippen molar-refractivity contribution in [3.63, 3.8) is 0 Å². The van der Waals surface area contributed by atoms with Crippen LogP contribution in [0.15, 0.2) is 87.9 Å². The van der Waals surface area contributed by atoms with Crippen molar-refractivity contribution < 1.29 is 19.7 Å². The van der Waals surface area contributed by atoms with Gasteiger partial charge in [0.1, 0.15) is 13.2 Å². The number of hydrogen-bond donors (Lipinski definition) is 2. The van der Waals surface area contributed by atoms with E-state index in [1.807, 2.05) is 12.2 Å². The SMILES string of the molecule is CC1CC(OC/C=C(/C2=CCCC=C2)C2=CCC(CCC3=NCCC=C3)CC2)=CC=C1OCC(O)O. The lowest BCUT2D eigenvalue weighted by molar-refractivity contribution is -0.0850. The average molecular weight is 492 g/mol. The average Bonchev–Trinajstić information content (AvgIpc) is 2.91. The van der Waals surface area contributed by atoms with Crippen molar-refractivity contribution >= 4 is 5.71 Å². The maximum absolute atomic E-state index is 9.04. The topological polar surface area (TPSA) is 71.3 Å². The van der Waals surface area contributed by atoms with Crippen LogP contribution in [0.2, 0.25) is 0 Å². The van der Waals surface area contributed by atoms with Crippen LogP contribution in [0.4, 0.5) is 0 Å². The Kier molecular flexibility index (Phi) is 10.00. The number of rotatable bonds is 11. The van der Waals surface area contributed by atoms with Crippen LogP contribution < -0.4 is 0 Å². The first-order valence-corrected chi connectivity index (χ1v) is 13.6. The second kappa shape index (κ2) is 13.6. The van der Waals surface area contributed by atoms with E-state index in [-0.39, 0.29) is 12.5 Å². The minimum Gasteiger partial charge on any atom is -0.494 e. The summed E-state index contributed by atoms with van der Waals surface area (Å²) in [6, 6.07) is 0. The van der Waals surface area contributed by atoms with Crippen LogP contribution in [-0.2, 0) is 9.47 Å². The van der Waals surface area contributed by atoms with Crippen molar-refractivity contribution in [1.82, 2.24) is 0 Å². The largest absolute Gasteiger partial charge is 0.494 e. The molecule has 0 radical (unpaired) electrons. The molecule has 0 aromatic rings. The van der Waals surface area contributed by atoms with Gasteiger partial charge in [-0.3, -0.25) is 4.99 Å². The third-order valence-corrected chi connectivity index (χ3v) is 7.28. The van der Waals surface area contributed by atoms with Gasteiger partial charge in [-0.1, -0.05) is 37.3 Å². The summed E-state index contributed by atoms with van der Waals surface area (Å²) in [5.41, 5.74) is 5.37. The van der Waals surface area contributed by atoms with Gasteiger partial charge in [-0.25, -0.2) is 0 Å². The molecule has 4 rings (SSSR count). The Bertz CT molecular complexity index is 1010. The summed E-state index contributed by atoms with van der Waals surface area (Å²) in [7, 11) is 0. The molecule has 0 spiro atoms. The highest BCUT2D eigenvalue weighted by atomic mass is 16.5. The molecule has 0 aromatic carbocycles. The first-order chi connectivity index (χ1) is 17.6. The van der Waals surface area contributed by atoms with E-state index in [0.717, 1.165) is 68.9 Å². The number of hydrogen-bond acceptors (Lipinski definition) is 5. The molecule has 0 amide bonds. The fourth-order valence-electron chi connectivity index (χ4n) is 5.22. The van der Waals surface area contributed by atoms with Gasteiger partial charge in [0.25, 0.3) is 0 Å². The summed E-state index contributed by atoms with van der Waals surface area (Å²) in [5, 5.41) is 18.1. The molecule has 0 aromatic heterocycles. The molecule has 0 saturated carbocycles. The predicted molar refractivity (Wildman–Crippen MR) is 145 cm³/mol. The highest BCUT2D eigenvalue weighted by Gasteiger charge is 2.20. The highest BCUT2D eigenvalue weighted by molar-refractivity contribution is 5.95. The van der Waals surface area contributed by atoms with Gasteiger partial charge in [-0.15, -0.1) is 0 Å². The van der Waals surface area contributed by atoms with E-state index in [4.69, 9.17) is 19.7 Å². The molecule has 0 fully saturated rings. The molecule has 1 aliphatic heterocycles. The van der Waals surface area contributed by atoms with Gasteiger partial charge < -0.3 is 19.7 Å². The number of nitrogens with zero attached hydrogens (tertiary/aromatic N) is 1. The van der Waals surface area contributed by atoms with Crippen LogP contribution in [0.1, 0.15) is 64.7 Å². The molecule has 36 heavy (non-hydrogen) atoms. The zero-order valence-corrected chi connectivity index (χ0v) is 21.6. The number of aliphatic hydroxyl groups excluding tert-OH is 1. The van der Waals surface area contributed by atoms with Crippen molar-refractivity contribution in [2.45, 2.75) is 71.0 Å². The molecule has 2 N–H and O–H groups in total. The molecule has 3 aliphatic carbocycles. The van der Waals surface area contributed by atoms with E-state index in [2.05, 4.69) is 54.4 Å². The number of aliphatic imine (C=N–C) groups is 1. The molecule has 2 atom stereocenters. The molecule has 5 nitrogen and oxygen atoms in total. The Hall–Kier alpha value is -2.63. The van der Waals surface area contributed by atoms with Crippen molar-refractivity contribution in [2.75, 3.05) is 19.8 Å². The zero-order valence-electron chi connectivity index (χ0n) is 21.6. The Morgan fingerprint density at radius 2 is 2.00 bits per heavy atom. The molecule has 0 bridgehead atoms. The summed E-state index contributed by atoms with van der Waals surface area (Å²) in [5.74, 6) is 2.58. The first-order valence-electron chi connectivity index (χ1n) is 13.6. The Morgan fingerprint density at radius 3 is 2.69 bits per heavy atom. The van der Waals surface area contributed by atoms with Crippen LogP contribution in [0.5, 0.6) is 0 Å². The fraction of sp³-hybridized carbons (Fsp3) is 0.516. The lowest BCUT2D eigenvalue weighted by Crippen LogP contribution is -2.17. The molecule has 1 heterocycles. The van der Waals surface area contributed by atoms with Gasteiger partial charge in [-0.2, -0.15) is 0 Å². The Morgan fingerprint density at radius 1 is 1.11 bits per heavy atom. The number of ether oxygens (including phenoxy) is 2. The highest BCUT2D eigenvalue weighted by Crippen LogP contribution is 2.35. The normalized spacial score (nSPS) is 24.6. The van der Waals surface area contributed by atoms with Gasteiger partial charge in [0.05, 0.1) is 11.5 Å². The van der Waals surface area contributed by atoms with E-state index in [0.29, 0.717) is 6.61 Å². The van der Waals surface area contributed by atoms with Crippen LogP contribution in [-0.4, -0.2) is 42.0 Å². The van der Waals surface area contributed by atoms with Gasteiger partial charge in [0.2, 0.25) is 0 Å². The number of allylic oxidation sites excluding steroid dienone is 12. The summed E-state index contributed by atoms with van der Waals surface area (Å²) in [6.45, 7) is 3.43. The quantitative estimate of drug-likeness (QED) is 0.335. The van der Waals surface area contributed by atoms with E-state index >= 15 is 0 Å². The van der Waals surface area contributed by atoms with Crippen molar-refractivity contribution in [3.05, 3.63) is 82.9 Å². The minimum absolute atomic E-state index is 0.114. The van der Waals surface area contributed by atoms with Gasteiger partial charge >= 0.3 is 0 Å². The summed E-state index contributed by atoms with van der Waals surface area (Å²) >= 11 is 0. The van der Waals surface area contributed by atoms with Crippen molar-refractivity contribution in [3.8, 4) is 0 Å². The van der Waals surface area contributed by atoms with Crippen molar-refractivity contribution in [2.24, 2.45) is 16.8 Å². The molecular formula is C31H41NO4. The molecule has 5 heteroatoms. The second-order valence-corrected chi connectivity index (χ2v) is 10.1. The number of dihydropyridines is 1. The van der Waals surface area contributed by atoms with E-state index < -0.39 is 6.29 Å². The summed E-state index contributed by atoms with van der Waals surface area (Å²) in [6.07, 6.45) is 28.3. The molecular weight excluding hydrogens is 450 g/mol. The predicted octanol–water partition coefficient (Wildman–Crippen LogP) is 6.25. The Labute approximate surface area is 216 Å². The maximum Gasteiger partial charge on any atom is 0.186 e. The van der Waals surface area contributed by atoms with Crippen LogP contribution >= 0.6 is 0 Å². The van der Waals surface area contributed by atoms with Crippen molar-refractivity contribution in [1.29, 1.82) is 0 Å². The lowest BCUT2D eigenvalue weighted by atomic mass is 9.81. The summed E-state index contributed by atoms with van der Waals surface area (Å²) < 4.78 is 11.6. The minimum atomic E-state index is -1.46. The zero-order chi connectivity index (χ0) is 25.2. The molecule has 4 aliphatic rings. The molecule has 194 valence electrons. The smallest absolute Gasteiger partial charge is 0.186 e. The Balaban J connectivity index is 1.36. The number of aliphatic hydroxyl groups is 2. The maximum atomic E-state index is 9.04. The standard InChI is InChI=1S/C31H41NO4/c1-23-21-28(16-17-30(23)36-22-31(33)34)35-20-18-29(25-7-3-2-4-8-25)26-13-10-24(11-14-26)12-15-27-9-5-6-19-32-27/h3,5,7-9,13,16-18,23-24,31,33-34H,2,4,6,10-12,14-15,19-22H2,1H3/b29-18-. The van der Waals surface area contributed by atoms with Crippen LogP contribution in [0.25, 0.3) is 0 Å². The molecule has 0 saturated heterocycles.